The third-order valence-corrected chi connectivity index (χ3v) is 7.16. The predicted molar refractivity (Wildman–Crippen MR) is 132 cm³/mol. The van der Waals surface area contributed by atoms with Crippen LogP contribution in [0.15, 0.2) is 64.8 Å². The lowest BCUT2D eigenvalue weighted by Crippen LogP contribution is -2.49. The molecule has 2 fully saturated rings. The quantitative estimate of drug-likeness (QED) is 0.659. The van der Waals surface area contributed by atoms with Crippen LogP contribution in [0.5, 0.6) is 0 Å². The summed E-state index contributed by atoms with van der Waals surface area (Å²) < 4.78 is 5.17. The molecule has 0 N–H and O–H groups in total. The van der Waals surface area contributed by atoms with Crippen molar-refractivity contribution >= 4 is 5.91 Å². The van der Waals surface area contributed by atoms with Crippen LogP contribution in [0.2, 0.25) is 0 Å². The van der Waals surface area contributed by atoms with Crippen molar-refractivity contribution in [2.45, 2.75) is 38.9 Å². The predicted octanol–water partition coefficient (Wildman–Crippen LogP) is 3.05. The number of hydrogen-bond donors (Lipinski definition) is 0. The number of aryl methyl sites for hydroxylation is 1. The van der Waals surface area contributed by atoms with Crippen LogP contribution in [-0.4, -0.2) is 82.5 Å². The molecule has 5 rings (SSSR count). The summed E-state index contributed by atoms with van der Waals surface area (Å²) in [7, 11) is 0. The third kappa shape index (κ3) is 5.59. The monoisotopic (exact) mass is 461 g/mol. The van der Waals surface area contributed by atoms with Gasteiger partial charge < -0.3 is 14.3 Å². The molecule has 34 heavy (non-hydrogen) atoms. The van der Waals surface area contributed by atoms with E-state index >= 15 is 0 Å². The molecule has 0 aliphatic carbocycles. The largest absolute Gasteiger partial charge is 0.370 e. The van der Waals surface area contributed by atoms with Crippen LogP contribution < -0.4 is 0 Å². The Morgan fingerprint density at radius 2 is 1.74 bits per heavy atom. The van der Waals surface area contributed by atoms with Crippen LogP contribution in [0, 0.1) is 6.92 Å². The zero-order valence-corrected chi connectivity index (χ0v) is 20.1. The number of carbonyl (C=O) groups is 1. The molecule has 3 aliphatic rings. The highest BCUT2D eigenvalue weighted by Crippen LogP contribution is 2.22. The Kier molecular flexibility index (Phi) is 7.11. The van der Waals surface area contributed by atoms with E-state index in [1.54, 1.807) is 0 Å². The van der Waals surface area contributed by atoms with Gasteiger partial charge in [0.1, 0.15) is 5.76 Å². The summed E-state index contributed by atoms with van der Waals surface area (Å²) in [5.74, 6) is 0.991. The standard InChI is InChI=1S/C27H35N5O2/c1-22-18-25(28-34-22)21-30-14-16-31(17-15-30)27(33)24-8-5-11-32(20-24)26-9-12-29(13-10-26)19-23-6-3-2-4-7-23/h2-8,18,20,26H,9-17,19,21H2,1H3. The number of amides is 1. The van der Waals surface area contributed by atoms with Gasteiger partial charge in [0.05, 0.1) is 11.3 Å². The van der Waals surface area contributed by atoms with Gasteiger partial charge >= 0.3 is 0 Å². The van der Waals surface area contributed by atoms with Gasteiger partial charge in [0.2, 0.25) is 0 Å². The van der Waals surface area contributed by atoms with E-state index in [4.69, 9.17) is 4.52 Å². The number of likely N-dealkylation sites (tertiary alicyclic amines) is 1. The SMILES string of the molecule is Cc1cc(CN2CCN(C(=O)C3=CN(C4CCN(Cc5ccccc5)CC4)CC=C3)CC2)no1. The zero-order chi connectivity index (χ0) is 23.3. The van der Waals surface area contributed by atoms with Crippen molar-refractivity contribution < 1.29 is 9.32 Å². The number of aromatic nitrogens is 1. The summed E-state index contributed by atoms with van der Waals surface area (Å²) in [6.07, 6.45) is 8.54. The first kappa shape index (κ1) is 22.9. The normalized spacial score (nSPS) is 20.6. The van der Waals surface area contributed by atoms with E-state index in [9.17, 15) is 4.79 Å². The van der Waals surface area contributed by atoms with Crippen LogP contribution in [0.3, 0.4) is 0 Å². The molecule has 7 heteroatoms. The molecular weight excluding hydrogens is 426 g/mol. The van der Waals surface area contributed by atoms with Crippen molar-refractivity contribution in [2.24, 2.45) is 0 Å². The third-order valence-electron chi connectivity index (χ3n) is 7.16. The molecule has 1 amide bonds. The molecule has 1 aromatic carbocycles. The number of piperidine rings is 1. The number of hydrogen-bond acceptors (Lipinski definition) is 6. The van der Waals surface area contributed by atoms with Crippen LogP contribution in [0.4, 0.5) is 0 Å². The zero-order valence-electron chi connectivity index (χ0n) is 20.1. The van der Waals surface area contributed by atoms with Gasteiger partial charge in [0, 0.05) is 77.2 Å². The molecule has 0 atom stereocenters. The Balaban J connectivity index is 1.11. The maximum atomic E-state index is 13.2. The topological polar surface area (TPSA) is 56.1 Å². The fraction of sp³-hybridized carbons (Fsp3) is 0.481. The summed E-state index contributed by atoms with van der Waals surface area (Å²) in [6, 6.07) is 13.2. The van der Waals surface area contributed by atoms with Gasteiger partial charge in [-0.15, -0.1) is 0 Å². The molecule has 2 aromatic rings. The van der Waals surface area contributed by atoms with Crippen LogP contribution >= 0.6 is 0 Å². The van der Waals surface area contributed by atoms with E-state index in [0.29, 0.717) is 6.04 Å². The van der Waals surface area contributed by atoms with E-state index in [2.05, 4.69) is 62.5 Å². The second-order valence-electron chi connectivity index (χ2n) is 9.67. The van der Waals surface area contributed by atoms with Gasteiger partial charge in [-0.05, 0) is 25.3 Å². The lowest BCUT2D eigenvalue weighted by atomic mass is 10.0. The smallest absolute Gasteiger partial charge is 0.255 e. The van der Waals surface area contributed by atoms with E-state index in [-0.39, 0.29) is 5.91 Å². The van der Waals surface area contributed by atoms with Crippen molar-refractivity contribution in [2.75, 3.05) is 45.8 Å². The maximum absolute atomic E-state index is 13.2. The molecule has 180 valence electrons. The fourth-order valence-corrected chi connectivity index (χ4v) is 5.22. The summed E-state index contributed by atoms with van der Waals surface area (Å²) in [6.45, 7) is 10.0. The van der Waals surface area contributed by atoms with Gasteiger partial charge in [0.15, 0.2) is 0 Å². The molecule has 4 heterocycles. The summed E-state index contributed by atoms with van der Waals surface area (Å²) in [5, 5.41) is 4.09. The summed E-state index contributed by atoms with van der Waals surface area (Å²) in [4.78, 5) is 22.5. The molecule has 3 aliphatic heterocycles. The van der Waals surface area contributed by atoms with Gasteiger partial charge in [-0.1, -0.05) is 47.6 Å². The van der Waals surface area contributed by atoms with Crippen molar-refractivity contribution in [3.05, 3.63) is 77.3 Å². The van der Waals surface area contributed by atoms with Gasteiger partial charge in [0.25, 0.3) is 5.91 Å². The second-order valence-corrected chi connectivity index (χ2v) is 9.67. The molecule has 0 spiro atoms. The molecule has 0 radical (unpaired) electrons. The van der Waals surface area contributed by atoms with Gasteiger partial charge in [-0.2, -0.15) is 0 Å². The molecule has 0 unspecified atom stereocenters. The van der Waals surface area contributed by atoms with E-state index in [1.807, 2.05) is 24.0 Å². The summed E-state index contributed by atoms with van der Waals surface area (Å²) >= 11 is 0. The minimum Gasteiger partial charge on any atom is -0.370 e. The van der Waals surface area contributed by atoms with Crippen molar-refractivity contribution in [1.29, 1.82) is 0 Å². The van der Waals surface area contributed by atoms with Gasteiger partial charge in [-0.25, -0.2) is 0 Å². The average molecular weight is 462 g/mol. The number of nitrogens with zero attached hydrogens (tertiary/aromatic N) is 5. The molecule has 1 aromatic heterocycles. The molecule has 7 nitrogen and oxygen atoms in total. The minimum atomic E-state index is 0.152. The van der Waals surface area contributed by atoms with Crippen LogP contribution in [0.25, 0.3) is 0 Å². The first-order valence-corrected chi connectivity index (χ1v) is 12.5. The molecule has 0 saturated carbocycles. The summed E-state index contributed by atoms with van der Waals surface area (Å²) in [5.41, 5.74) is 3.16. The molecule has 2 saturated heterocycles. The van der Waals surface area contributed by atoms with Crippen LogP contribution in [-0.2, 0) is 17.9 Å². The highest BCUT2D eigenvalue weighted by molar-refractivity contribution is 5.96. The Hall–Kier alpha value is -2.90. The number of rotatable bonds is 6. The highest BCUT2D eigenvalue weighted by atomic mass is 16.5. The van der Waals surface area contributed by atoms with Crippen molar-refractivity contribution in [1.82, 2.24) is 24.8 Å². The number of piperazine rings is 1. The Morgan fingerprint density at radius 3 is 2.44 bits per heavy atom. The number of carbonyl (C=O) groups excluding carboxylic acids is 1. The van der Waals surface area contributed by atoms with E-state index < -0.39 is 0 Å². The van der Waals surface area contributed by atoms with Crippen molar-refractivity contribution in [3.63, 3.8) is 0 Å². The van der Waals surface area contributed by atoms with Crippen molar-refractivity contribution in [3.8, 4) is 0 Å². The van der Waals surface area contributed by atoms with E-state index in [0.717, 1.165) is 88.8 Å². The first-order chi connectivity index (χ1) is 16.6. The lowest BCUT2D eigenvalue weighted by molar-refractivity contribution is -0.128. The average Bonchev–Trinajstić information content (AvgIpc) is 3.29. The Labute approximate surface area is 202 Å². The Bertz CT molecular complexity index is 1010. The highest BCUT2D eigenvalue weighted by Gasteiger charge is 2.27. The fourth-order valence-electron chi connectivity index (χ4n) is 5.22. The minimum absolute atomic E-state index is 0.152. The first-order valence-electron chi connectivity index (χ1n) is 12.5. The molecule has 0 bridgehead atoms. The Morgan fingerprint density at radius 1 is 1.00 bits per heavy atom. The molecular formula is C27H35N5O2. The second kappa shape index (κ2) is 10.6. The van der Waals surface area contributed by atoms with Crippen LogP contribution in [0.1, 0.15) is 29.9 Å². The van der Waals surface area contributed by atoms with Gasteiger partial charge in [-0.3, -0.25) is 14.6 Å². The van der Waals surface area contributed by atoms with E-state index in [1.165, 1.54) is 5.56 Å². The number of benzene rings is 1. The lowest BCUT2D eigenvalue weighted by Gasteiger charge is -2.39. The maximum Gasteiger partial charge on any atom is 0.255 e.